The Morgan fingerprint density at radius 3 is 2.54 bits per heavy atom. The number of likely N-dealkylation sites (tertiary alicyclic amines) is 1. The molecule has 2 saturated heterocycles. The molecule has 0 radical (unpaired) electrons. The number of amides is 2. The van der Waals surface area contributed by atoms with Crippen molar-refractivity contribution >= 4 is 45.0 Å². The van der Waals surface area contributed by atoms with Crippen LogP contribution in [0.4, 0.5) is 5.82 Å². The number of carbonyl (C=O) groups is 3. The van der Waals surface area contributed by atoms with E-state index in [0.29, 0.717) is 35.3 Å². The lowest BCUT2D eigenvalue weighted by Crippen LogP contribution is -2.47. The summed E-state index contributed by atoms with van der Waals surface area (Å²) in [5.41, 5.74) is 2.70. The molecule has 218 valence electrons. The van der Waals surface area contributed by atoms with E-state index in [1.165, 1.54) is 24.1 Å². The Morgan fingerprint density at radius 2 is 1.83 bits per heavy atom. The van der Waals surface area contributed by atoms with Gasteiger partial charge >= 0.3 is 0 Å². The Kier molecular flexibility index (Phi) is 7.48. The highest BCUT2D eigenvalue weighted by Crippen LogP contribution is 2.46. The summed E-state index contributed by atoms with van der Waals surface area (Å²) >= 11 is 1.38. The van der Waals surface area contributed by atoms with Crippen molar-refractivity contribution in [3.8, 4) is 0 Å². The first kappa shape index (κ1) is 28.0. The summed E-state index contributed by atoms with van der Waals surface area (Å²) < 4.78 is 0. The average Bonchev–Trinajstić information content (AvgIpc) is 3.43. The van der Waals surface area contributed by atoms with Crippen molar-refractivity contribution in [3.63, 3.8) is 0 Å². The molecule has 1 saturated carbocycles. The summed E-state index contributed by atoms with van der Waals surface area (Å²) in [7, 11) is 4.18. The van der Waals surface area contributed by atoms with Gasteiger partial charge in [0.2, 0.25) is 5.91 Å². The van der Waals surface area contributed by atoms with E-state index in [1.54, 1.807) is 0 Å². The fraction of sp³-hybridized carbons (Fsp3) is 0.581. The lowest BCUT2D eigenvalue weighted by molar-refractivity contribution is -0.117. The predicted octanol–water partition coefficient (Wildman–Crippen LogP) is 4.59. The van der Waals surface area contributed by atoms with Crippen LogP contribution in [0.3, 0.4) is 0 Å². The number of hydrogen-bond donors (Lipinski definition) is 2. The number of nitrogens with zero attached hydrogens (tertiary/aromatic N) is 4. The van der Waals surface area contributed by atoms with Crippen LogP contribution in [0.25, 0.3) is 10.2 Å². The van der Waals surface area contributed by atoms with Crippen LogP contribution >= 0.6 is 11.3 Å². The summed E-state index contributed by atoms with van der Waals surface area (Å²) in [6.45, 7) is 5.34. The van der Waals surface area contributed by atoms with Gasteiger partial charge in [-0.05, 0) is 77.3 Å². The fourth-order valence-electron chi connectivity index (χ4n) is 7.46. The van der Waals surface area contributed by atoms with Crippen molar-refractivity contribution in [1.82, 2.24) is 25.1 Å². The van der Waals surface area contributed by atoms with Crippen LogP contribution in [-0.2, 0) is 9.59 Å². The molecular formula is C31H40N6O3S. The maximum Gasteiger partial charge on any atom is 0.264 e. The number of allylic oxidation sites excluding steroid dienone is 3. The topological polar surface area (TPSA) is 108 Å². The van der Waals surface area contributed by atoms with E-state index < -0.39 is 0 Å². The Hall–Kier alpha value is -3.11. The molecule has 4 aliphatic rings. The standard InChI is InChI=1S/C31H40N6O3S/c1-18-16-22(23(38)9-8-21-24(18)28(39)35-31(21)12-6-5-7-13-31)34-27-25-19(2)26(41-29(25)33-17-32-27)30(40)37-14-10-20(11-15-37)36(3)4/h16-17,20-21H,5-15H2,1-4H3,(H,35,39)(H,32,33,34). The molecule has 1 unspecified atom stereocenters. The molecule has 6 rings (SSSR count). The van der Waals surface area contributed by atoms with Gasteiger partial charge in [0.1, 0.15) is 17.0 Å². The van der Waals surface area contributed by atoms with E-state index in [9.17, 15) is 14.4 Å². The maximum atomic E-state index is 13.6. The number of Topliss-reactive ketones (excluding diaryl/α,β-unsaturated/α-hetero) is 1. The molecule has 4 heterocycles. The second kappa shape index (κ2) is 10.9. The van der Waals surface area contributed by atoms with Crippen LogP contribution < -0.4 is 10.6 Å². The Morgan fingerprint density at radius 1 is 1.10 bits per heavy atom. The van der Waals surface area contributed by atoms with Crippen molar-refractivity contribution in [2.75, 3.05) is 32.5 Å². The molecule has 2 N–H and O–H groups in total. The zero-order valence-corrected chi connectivity index (χ0v) is 25.3. The third-order valence-corrected chi connectivity index (χ3v) is 11.0. The van der Waals surface area contributed by atoms with Gasteiger partial charge in [0.15, 0.2) is 5.78 Å². The smallest absolute Gasteiger partial charge is 0.264 e. The number of thiophene rings is 1. The number of aryl methyl sites for hydroxylation is 1. The van der Waals surface area contributed by atoms with Crippen LogP contribution in [-0.4, -0.2) is 76.1 Å². The molecule has 0 bridgehead atoms. The predicted molar refractivity (Wildman–Crippen MR) is 161 cm³/mol. The Bertz CT molecular complexity index is 1460. The summed E-state index contributed by atoms with van der Waals surface area (Å²) in [6.07, 6.45) is 11.6. The number of nitrogens with one attached hydrogen (secondary N) is 2. The van der Waals surface area contributed by atoms with E-state index in [0.717, 1.165) is 78.5 Å². The van der Waals surface area contributed by atoms with Gasteiger partial charge in [0, 0.05) is 42.6 Å². The summed E-state index contributed by atoms with van der Waals surface area (Å²) in [5, 5.41) is 7.41. The van der Waals surface area contributed by atoms with Gasteiger partial charge in [-0.15, -0.1) is 11.3 Å². The Balaban J connectivity index is 1.30. The number of carbonyl (C=O) groups excluding carboxylic acids is 3. The van der Waals surface area contributed by atoms with E-state index in [1.807, 2.05) is 24.8 Å². The van der Waals surface area contributed by atoms with Gasteiger partial charge in [-0.25, -0.2) is 9.97 Å². The molecule has 10 heteroatoms. The zero-order valence-electron chi connectivity index (χ0n) is 24.5. The number of fused-ring (bicyclic) bond motifs is 3. The number of hydrogen-bond acceptors (Lipinski definition) is 8. The molecule has 2 aromatic heterocycles. The summed E-state index contributed by atoms with van der Waals surface area (Å²) in [5.74, 6) is 0.635. The lowest BCUT2D eigenvalue weighted by Gasteiger charge is -2.39. The largest absolute Gasteiger partial charge is 0.346 e. The zero-order chi connectivity index (χ0) is 28.9. The minimum atomic E-state index is -0.206. The summed E-state index contributed by atoms with van der Waals surface area (Å²) in [6, 6.07) is 0.496. The van der Waals surface area contributed by atoms with E-state index >= 15 is 0 Å². The van der Waals surface area contributed by atoms with Crippen LogP contribution in [0.5, 0.6) is 0 Å². The first-order valence-electron chi connectivity index (χ1n) is 14.9. The molecular weight excluding hydrogens is 536 g/mol. The second-order valence-electron chi connectivity index (χ2n) is 12.4. The van der Waals surface area contributed by atoms with Crippen molar-refractivity contribution in [1.29, 1.82) is 0 Å². The van der Waals surface area contributed by atoms with Crippen LogP contribution in [0.2, 0.25) is 0 Å². The van der Waals surface area contributed by atoms with Gasteiger partial charge in [-0.2, -0.15) is 0 Å². The molecule has 41 heavy (non-hydrogen) atoms. The highest BCUT2D eigenvalue weighted by molar-refractivity contribution is 7.20. The molecule has 3 fully saturated rings. The molecule has 1 spiro atoms. The average molecular weight is 577 g/mol. The second-order valence-corrected chi connectivity index (χ2v) is 13.4. The minimum absolute atomic E-state index is 0.00779. The normalized spacial score (nSPS) is 23.5. The third kappa shape index (κ3) is 4.99. The molecule has 2 aliphatic carbocycles. The lowest BCUT2D eigenvalue weighted by atomic mass is 9.70. The first-order chi connectivity index (χ1) is 19.7. The van der Waals surface area contributed by atoms with Crippen LogP contribution in [0, 0.1) is 12.8 Å². The number of rotatable bonds is 4. The van der Waals surface area contributed by atoms with Gasteiger partial charge in [0.05, 0.1) is 16.0 Å². The van der Waals surface area contributed by atoms with Crippen LogP contribution in [0.15, 0.2) is 29.2 Å². The van der Waals surface area contributed by atoms with E-state index in [4.69, 9.17) is 0 Å². The van der Waals surface area contributed by atoms with Crippen LogP contribution in [0.1, 0.15) is 79.9 Å². The van der Waals surface area contributed by atoms with E-state index in [-0.39, 0.29) is 29.1 Å². The highest BCUT2D eigenvalue weighted by Gasteiger charge is 2.50. The van der Waals surface area contributed by atoms with Crippen molar-refractivity contribution in [2.24, 2.45) is 5.92 Å². The SMILES string of the molecule is CC1=C2C(=O)NC3(CCCCC3)C2CCC(=O)C(Nc2ncnc3sc(C(=O)N4CCC(N(C)C)CC4)c(C)c23)=C1. The molecule has 2 aliphatic heterocycles. The molecule has 2 aromatic rings. The number of aromatic nitrogens is 2. The van der Waals surface area contributed by atoms with Crippen molar-refractivity contribution < 1.29 is 14.4 Å². The molecule has 0 aromatic carbocycles. The monoisotopic (exact) mass is 576 g/mol. The quantitative estimate of drug-likeness (QED) is 0.548. The van der Waals surface area contributed by atoms with Crippen molar-refractivity contribution in [3.05, 3.63) is 39.7 Å². The fourth-order valence-corrected chi connectivity index (χ4v) is 8.58. The van der Waals surface area contributed by atoms with Gasteiger partial charge in [0.25, 0.3) is 5.91 Å². The maximum absolute atomic E-state index is 13.6. The van der Waals surface area contributed by atoms with Gasteiger partial charge in [-0.1, -0.05) is 19.3 Å². The first-order valence-corrected chi connectivity index (χ1v) is 15.7. The molecule has 2 amide bonds. The minimum Gasteiger partial charge on any atom is -0.346 e. The highest BCUT2D eigenvalue weighted by atomic mass is 32.1. The number of ketones is 1. The third-order valence-electron chi connectivity index (χ3n) is 9.77. The summed E-state index contributed by atoms with van der Waals surface area (Å²) in [4.78, 5) is 54.8. The molecule has 1 atom stereocenters. The number of piperidine rings is 1. The number of anilines is 1. The van der Waals surface area contributed by atoms with Crippen molar-refractivity contribution in [2.45, 2.75) is 83.2 Å². The van der Waals surface area contributed by atoms with Gasteiger partial charge in [-0.3, -0.25) is 14.4 Å². The van der Waals surface area contributed by atoms with Gasteiger partial charge < -0.3 is 20.4 Å². The Labute approximate surface area is 245 Å². The van der Waals surface area contributed by atoms with E-state index in [2.05, 4.69) is 39.6 Å². The molecule has 9 nitrogen and oxygen atoms in total.